The van der Waals surface area contributed by atoms with Crippen molar-refractivity contribution in [2.24, 2.45) is 5.92 Å². The van der Waals surface area contributed by atoms with Gasteiger partial charge in [-0.1, -0.05) is 30.3 Å². The highest BCUT2D eigenvalue weighted by molar-refractivity contribution is 5.85. The zero-order valence-corrected chi connectivity index (χ0v) is 13.2. The van der Waals surface area contributed by atoms with Gasteiger partial charge < -0.3 is 15.0 Å². The van der Waals surface area contributed by atoms with Crippen molar-refractivity contribution in [3.63, 3.8) is 0 Å². The van der Waals surface area contributed by atoms with E-state index in [9.17, 15) is 0 Å². The molecule has 0 unspecified atom stereocenters. The normalized spacial score (nSPS) is 16.1. The van der Waals surface area contributed by atoms with Gasteiger partial charge in [0.05, 0.1) is 13.2 Å². The Balaban J connectivity index is 0.00000200. The number of nitrogens with one attached hydrogen (secondary N) is 1. The lowest BCUT2D eigenvalue weighted by Gasteiger charge is -2.27. The molecule has 1 saturated heterocycles. The summed E-state index contributed by atoms with van der Waals surface area (Å²) in [6.45, 7) is 6.14. The van der Waals surface area contributed by atoms with E-state index in [1.54, 1.807) is 0 Å². The summed E-state index contributed by atoms with van der Waals surface area (Å²) in [5.74, 6) is 0.861. The van der Waals surface area contributed by atoms with Gasteiger partial charge >= 0.3 is 0 Å². The van der Waals surface area contributed by atoms with E-state index in [2.05, 4.69) is 41.5 Å². The number of benzene rings is 1. The summed E-state index contributed by atoms with van der Waals surface area (Å²) in [5.41, 5.74) is 1.25. The summed E-state index contributed by atoms with van der Waals surface area (Å²) >= 11 is 0. The lowest BCUT2D eigenvalue weighted by Crippen LogP contribution is -2.35. The van der Waals surface area contributed by atoms with E-state index < -0.39 is 0 Å². The first kappa shape index (κ1) is 17.4. The summed E-state index contributed by atoms with van der Waals surface area (Å²) in [6.07, 6.45) is 2.63. The van der Waals surface area contributed by atoms with Crippen LogP contribution in [0.15, 0.2) is 30.3 Å². The predicted octanol–water partition coefficient (Wildman–Crippen LogP) is 2.56. The molecule has 1 aromatic carbocycles. The quantitative estimate of drug-likeness (QED) is 0.783. The molecule has 0 amide bonds. The number of likely N-dealkylation sites (N-methyl/N-ethyl adjacent to an activating group) is 1. The minimum Gasteiger partial charge on any atom is -0.375 e. The van der Waals surface area contributed by atoms with Crippen LogP contribution in [-0.4, -0.2) is 44.7 Å². The zero-order chi connectivity index (χ0) is 13.3. The first-order valence-corrected chi connectivity index (χ1v) is 7.35. The number of piperidine rings is 1. The van der Waals surface area contributed by atoms with E-state index in [0.717, 1.165) is 25.7 Å². The predicted molar refractivity (Wildman–Crippen MR) is 86.4 cm³/mol. The Morgan fingerprint density at radius 2 is 1.90 bits per heavy atom. The molecular weight excluding hydrogens is 272 g/mol. The van der Waals surface area contributed by atoms with Gasteiger partial charge in [0.15, 0.2) is 0 Å². The number of hydrogen-bond donors (Lipinski definition) is 1. The maximum atomic E-state index is 5.73. The van der Waals surface area contributed by atoms with Crippen molar-refractivity contribution in [1.29, 1.82) is 0 Å². The first-order valence-electron chi connectivity index (χ1n) is 7.35. The molecule has 1 aliphatic heterocycles. The molecule has 2 rings (SSSR count). The van der Waals surface area contributed by atoms with Gasteiger partial charge in [0.25, 0.3) is 0 Å². The number of nitrogens with zero attached hydrogens (tertiary/aromatic N) is 1. The molecule has 1 N–H and O–H groups in total. The van der Waals surface area contributed by atoms with E-state index in [1.807, 2.05) is 6.07 Å². The summed E-state index contributed by atoms with van der Waals surface area (Å²) in [6, 6.07) is 10.4. The van der Waals surface area contributed by atoms with Crippen LogP contribution in [0.3, 0.4) is 0 Å². The molecule has 20 heavy (non-hydrogen) atoms. The van der Waals surface area contributed by atoms with Crippen LogP contribution in [0, 0.1) is 5.92 Å². The summed E-state index contributed by atoms with van der Waals surface area (Å²) in [4.78, 5) is 2.40. The van der Waals surface area contributed by atoms with Gasteiger partial charge in [-0.2, -0.15) is 0 Å². The molecule has 0 bridgehead atoms. The second-order valence-electron chi connectivity index (χ2n) is 5.49. The Bertz CT molecular complexity index is 342. The first-order chi connectivity index (χ1) is 9.34. The van der Waals surface area contributed by atoms with Crippen LogP contribution < -0.4 is 5.32 Å². The van der Waals surface area contributed by atoms with Gasteiger partial charge in [-0.25, -0.2) is 0 Å². The van der Waals surface area contributed by atoms with Crippen LogP contribution >= 0.6 is 12.4 Å². The van der Waals surface area contributed by atoms with Crippen molar-refractivity contribution in [3.05, 3.63) is 35.9 Å². The number of rotatable bonds is 7. The van der Waals surface area contributed by atoms with Crippen molar-refractivity contribution >= 4 is 12.4 Å². The summed E-state index contributed by atoms with van der Waals surface area (Å²) in [5, 5.41) is 3.42. The highest BCUT2D eigenvalue weighted by atomic mass is 35.5. The molecule has 3 nitrogen and oxygen atoms in total. The van der Waals surface area contributed by atoms with Crippen molar-refractivity contribution in [2.45, 2.75) is 19.4 Å². The molecule has 1 heterocycles. The molecule has 1 aliphatic rings. The second kappa shape index (κ2) is 10.2. The molecule has 4 heteroatoms. The molecule has 0 radical (unpaired) electrons. The van der Waals surface area contributed by atoms with Crippen LogP contribution in [-0.2, 0) is 11.3 Å². The van der Waals surface area contributed by atoms with Crippen LogP contribution in [0.1, 0.15) is 18.4 Å². The van der Waals surface area contributed by atoms with Crippen LogP contribution in [0.4, 0.5) is 0 Å². The van der Waals surface area contributed by atoms with Crippen molar-refractivity contribution in [3.8, 4) is 0 Å². The molecule has 114 valence electrons. The van der Waals surface area contributed by atoms with Gasteiger partial charge in [0, 0.05) is 13.1 Å². The van der Waals surface area contributed by atoms with Crippen molar-refractivity contribution in [2.75, 3.05) is 39.8 Å². The molecule has 0 atom stereocenters. The Kier molecular flexibility index (Phi) is 8.86. The third kappa shape index (κ3) is 6.71. The molecule has 1 fully saturated rings. The zero-order valence-electron chi connectivity index (χ0n) is 12.4. The number of ether oxygens (including phenoxy) is 1. The average Bonchev–Trinajstić information content (AvgIpc) is 2.46. The maximum Gasteiger partial charge on any atom is 0.0717 e. The van der Waals surface area contributed by atoms with Gasteiger partial charge in [0.2, 0.25) is 0 Å². The Morgan fingerprint density at radius 1 is 1.20 bits per heavy atom. The van der Waals surface area contributed by atoms with Gasteiger partial charge in [0.1, 0.15) is 0 Å². The van der Waals surface area contributed by atoms with Crippen LogP contribution in [0.2, 0.25) is 0 Å². The fraction of sp³-hybridized carbons (Fsp3) is 0.625. The Labute approximate surface area is 129 Å². The summed E-state index contributed by atoms with van der Waals surface area (Å²) < 4.78 is 5.73. The molecule has 0 aliphatic carbocycles. The smallest absolute Gasteiger partial charge is 0.0717 e. The maximum absolute atomic E-state index is 5.73. The highest BCUT2D eigenvalue weighted by Gasteiger charge is 2.14. The Morgan fingerprint density at radius 3 is 2.60 bits per heavy atom. The fourth-order valence-electron chi connectivity index (χ4n) is 2.58. The topological polar surface area (TPSA) is 24.5 Å². The SMILES string of the molecule is CN(CCOCc1ccccc1)CC1CCNCC1.Cl. The minimum absolute atomic E-state index is 0. The van der Waals surface area contributed by atoms with Gasteiger partial charge in [-0.15, -0.1) is 12.4 Å². The third-order valence-electron chi connectivity index (χ3n) is 3.76. The van der Waals surface area contributed by atoms with Crippen molar-refractivity contribution < 1.29 is 4.74 Å². The largest absolute Gasteiger partial charge is 0.375 e. The molecule has 0 spiro atoms. The fourth-order valence-corrected chi connectivity index (χ4v) is 2.58. The molecular formula is C16H27ClN2O. The Hall–Kier alpha value is -0.610. The van der Waals surface area contributed by atoms with E-state index in [1.165, 1.54) is 38.0 Å². The van der Waals surface area contributed by atoms with Gasteiger partial charge in [-0.05, 0) is 44.5 Å². The average molecular weight is 299 g/mol. The van der Waals surface area contributed by atoms with Crippen molar-refractivity contribution in [1.82, 2.24) is 10.2 Å². The minimum atomic E-state index is 0. The lowest BCUT2D eigenvalue weighted by molar-refractivity contribution is 0.0935. The third-order valence-corrected chi connectivity index (χ3v) is 3.76. The molecule has 0 aromatic heterocycles. The highest BCUT2D eigenvalue weighted by Crippen LogP contribution is 2.12. The van der Waals surface area contributed by atoms with Gasteiger partial charge in [-0.3, -0.25) is 0 Å². The monoisotopic (exact) mass is 298 g/mol. The van der Waals surface area contributed by atoms with E-state index in [4.69, 9.17) is 4.74 Å². The van der Waals surface area contributed by atoms with Crippen LogP contribution in [0.5, 0.6) is 0 Å². The lowest BCUT2D eigenvalue weighted by atomic mass is 9.98. The van der Waals surface area contributed by atoms with E-state index in [-0.39, 0.29) is 12.4 Å². The summed E-state index contributed by atoms with van der Waals surface area (Å²) in [7, 11) is 2.20. The van der Waals surface area contributed by atoms with E-state index >= 15 is 0 Å². The molecule has 1 aromatic rings. The van der Waals surface area contributed by atoms with E-state index in [0.29, 0.717) is 0 Å². The number of halogens is 1. The molecule has 0 saturated carbocycles. The van der Waals surface area contributed by atoms with Crippen LogP contribution in [0.25, 0.3) is 0 Å². The standard InChI is InChI=1S/C16H26N2O.ClH/c1-18(13-15-7-9-17-10-8-15)11-12-19-14-16-5-3-2-4-6-16;/h2-6,15,17H,7-14H2,1H3;1H. The number of hydrogen-bond acceptors (Lipinski definition) is 3. The second-order valence-corrected chi connectivity index (χ2v) is 5.49.